The maximum Gasteiger partial charge on any atom is 0.410 e. The predicted molar refractivity (Wildman–Crippen MR) is 70.0 cm³/mol. The summed E-state index contributed by atoms with van der Waals surface area (Å²) in [5.41, 5.74) is -0.409. The summed E-state index contributed by atoms with van der Waals surface area (Å²) in [4.78, 5) is 13.9. The van der Waals surface area contributed by atoms with Crippen LogP contribution in [0.5, 0.6) is 0 Å². The van der Waals surface area contributed by atoms with Crippen LogP contribution in [0.3, 0.4) is 0 Å². The van der Waals surface area contributed by atoms with Gasteiger partial charge in [0.25, 0.3) is 0 Å². The van der Waals surface area contributed by atoms with Gasteiger partial charge in [-0.15, -0.1) is 0 Å². The number of nitrogens with zero attached hydrogens (tertiary/aromatic N) is 1. The van der Waals surface area contributed by atoms with Crippen LogP contribution in [0.15, 0.2) is 12.2 Å². The third-order valence-corrected chi connectivity index (χ3v) is 2.77. The summed E-state index contributed by atoms with van der Waals surface area (Å²) in [6.45, 7) is 8.65. The van der Waals surface area contributed by atoms with E-state index in [-0.39, 0.29) is 12.1 Å². The van der Waals surface area contributed by atoms with Crippen LogP contribution in [0.4, 0.5) is 4.79 Å². The van der Waals surface area contributed by atoms with E-state index in [1.165, 1.54) is 6.42 Å². The number of rotatable bonds is 2. The summed E-state index contributed by atoms with van der Waals surface area (Å²) in [5.74, 6) is 0. The van der Waals surface area contributed by atoms with Crippen LogP contribution in [0.1, 0.15) is 53.4 Å². The molecular formula is C14H25NO2. The molecule has 1 aliphatic rings. The molecule has 1 rings (SSSR count). The highest BCUT2D eigenvalue weighted by Gasteiger charge is 2.28. The van der Waals surface area contributed by atoms with E-state index in [9.17, 15) is 4.79 Å². The SMILES string of the molecule is CC/C=C\C1CCCCN1C(=O)OC(C)(C)C. The van der Waals surface area contributed by atoms with Crippen LogP contribution >= 0.6 is 0 Å². The fourth-order valence-corrected chi connectivity index (χ4v) is 2.00. The van der Waals surface area contributed by atoms with Gasteiger partial charge < -0.3 is 9.64 Å². The van der Waals surface area contributed by atoms with Gasteiger partial charge in [0.15, 0.2) is 0 Å². The third-order valence-electron chi connectivity index (χ3n) is 2.77. The fourth-order valence-electron chi connectivity index (χ4n) is 2.00. The Balaban J connectivity index is 2.64. The molecule has 1 aliphatic heterocycles. The van der Waals surface area contributed by atoms with Crippen molar-refractivity contribution in [2.24, 2.45) is 0 Å². The highest BCUT2D eigenvalue weighted by Crippen LogP contribution is 2.21. The van der Waals surface area contributed by atoms with Crippen molar-refractivity contribution in [1.82, 2.24) is 4.90 Å². The van der Waals surface area contributed by atoms with Crippen molar-refractivity contribution in [1.29, 1.82) is 0 Å². The second-order valence-corrected chi connectivity index (χ2v) is 5.57. The summed E-state index contributed by atoms with van der Waals surface area (Å²) in [5, 5.41) is 0. The Morgan fingerprint density at radius 3 is 2.71 bits per heavy atom. The number of carbonyl (C=O) groups is 1. The summed E-state index contributed by atoms with van der Waals surface area (Å²) in [7, 11) is 0. The van der Waals surface area contributed by atoms with Crippen LogP contribution < -0.4 is 0 Å². The summed E-state index contributed by atoms with van der Waals surface area (Å²) < 4.78 is 5.44. The number of hydrogen-bond acceptors (Lipinski definition) is 2. The lowest BCUT2D eigenvalue weighted by atomic mass is 10.0. The van der Waals surface area contributed by atoms with Crippen molar-refractivity contribution < 1.29 is 9.53 Å². The normalized spacial score (nSPS) is 21.9. The van der Waals surface area contributed by atoms with Crippen LogP contribution in [-0.4, -0.2) is 29.2 Å². The largest absolute Gasteiger partial charge is 0.444 e. The van der Waals surface area contributed by atoms with Gasteiger partial charge in [0.1, 0.15) is 5.60 Å². The Bertz CT molecular complexity index is 278. The topological polar surface area (TPSA) is 29.5 Å². The summed E-state index contributed by atoms with van der Waals surface area (Å²) >= 11 is 0. The molecule has 3 nitrogen and oxygen atoms in total. The molecular weight excluding hydrogens is 214 g/mol. The van der Waals surface area contributed by atoms with E-state index >= 15 is 0 Å². The molecule has 0 aromatic carbocycles. The molecule has 0 aromatic rings. The molecule has 0 aliphatic carbocycles. The second kappa shape index (κ2) is 6.08. The molecule has 0 spiro atoms. The number of amides is 1. The zero-order chi connectivity index (χ0) is 12.9. The van der Waals surface area contributed by atoms with Crippen molar-refractivity contribution in [2.45, 2.75) is 65.0 Å². The molecule has 1 amide bonds. The lowest BCUT2D eigenvalue weighted by molar-refractivity contribution is 0.0149. The van der Waals surface area contributed by atoms with Gasteiger partial charge in [0.05, 0.1) is 6.04 Å². The first kappa shape index (κ1) is 14.1. The highest BCUT2D eigenvalue weighted by atomic mass is 16.6. The van der Waals surface area contributed by atoms with E-state index in [2.05, 4.69) is 19.1 Å². The number of likely N-dealkylation sites (tertiary alicyclic amines) is 1. The van der Waals surface area contributed by atoms with E-state index in [0.717, 1.165) is 25.8 Å². The molecule has 0 radical (unpaired) electrons. The standard InChI is InChI=1S/C14H25NO2/c1-5-6-9-12-10-7-8-11-15(12)13(16)17-14(2,3)4/h6,9,12H,5,7-8,10-11H2,1-4H3/b9-6-. The summed E-state index contributed by atoms with van der Waals surface area (Å²) in [6.07, 6.45) is 8.43. The van der Waals surface area contributed by atoms with Crippen molar-refractivity contribution in [3.05, 3.63) is 12.2 Å². The van der Waals surface area contributed by atoms with Crippen LogP contribution in [0.2, 0.25) is 0 Å². The first-order valence-corrected chi connectivity index (χ1v) is 6.60. The quantitative estimate of drug-likeness (QED) is 0.687. The van der Waals surface area contributed by atoms with Gasteiger partial charge in [-0.25, -0.2) is 4.79 Å². The molecule has 3 heteroatoms. The Labute approximate surface area is 105 Å². The van der Waals surface area contributed by atoms with Crippen molar-refractivity contribution >= 4 is 6.09 Å². The first-order valence-electron chi connectivity index (χ1n) is 6.60. The highest BCUT2D eigenvalue weighted by molar-refractivity contribution is 5.69. The number of allylic oxidation sites excluding steroid dienone is 1. The van der Waals surface area contributed by atoms with Gasteiger partial charge in [-0.2, -0.15) is 0 Å². The Kier molecular flexibility index (Phi) is 5.03. The van der Waals surface area contributed by atoms with E-state index in [1.54, 1.807) is 0 Å². The summed E-state index contributed by atoms with van der Waals surface area (Å²) in [6, 6.07) is 0.221. The van der Waals surface area contributed by atoms with Gasteiger partial charge >= 0.3 is 6.09 Å². The lowest BCUT2D eigenvalue weighted by Gasteiger charge is -2.35. The van der Waals surface area contributed by atoms with Crippen molar-refractivity contribution in [2.75, 3.05) is 6.54 Å². The van der Waals surface area contributed by atoms with Crippen molar-refractivity contribution in [3.8, 4) is 0 Å². The fraction of sp³-hybridized carbons (Fsp3) is 0.786. The minimum atomic E-state index is -0.409. The smallest absolute Gasteiger partial charge is 0.410 e. The maximum absolute atomic E-state index is 12.1. The molecule has 1 atom stereocenters. The number of carbonyl (C=O) groups excluding carboxylic acids is 1. The zero-order valence-corrected chi connectivity index (χ0v) is 11.5. The van der Waals surface area contributed by atoms with Gasteiger partial charge in [-0.3, -0.25) is 0 Å². The van der Waals surface area contributed by atoms with Gasteiger partial charge in [-0.1, -0.05) is 19.1 Å². The molecule has 0 aromatic heterocycles. The average molecular weight is 239 g/mol. The molecule has 0 saturated carbocycles. The zero-order valence-electron chi connectivity index (χ0n) is 11.5. The number of ether oxygens (including phenoxy) is 1. The maximum atomic E-state index is 12.1. The van der Waals surface area contributed by atoms with E-state index in [1.807, 2.05) is 25.7 Å². The molecule has 0 N–H and O–H groups in total. The average Bonchev–Trinajstić information content (AvgIpc) is 2.24. The van der Waals surface area contributed by atoms with Gasteiger partial charge in [0, 0.05) is 6.54 Å². The molecule has 17 heavy (non-hydrogen) atoms. The van der Waals surface area contributed by atoms with E-state index in [0.29, 0.717) is 0 Å². The second-order valence-electron chi connectivity index (χ2n) is 5.57. The Morgan fingerprint density at radius 1 is 1.41 bits per heavy atom. The van der Waals surface area contributed by atoms with Gasteiger partial charge in [-0.05, 0) is 46.5 Å². The van der Waals surface area contributed by atoms with Crippen molar-refractivity contribution in [3.63, 3.8) is 0 Å². The van der Waals surface area contributed by atoms with Gasteiger partial charge in [0.2, 0.25) is 0 Å². The molecule has 1 unspecified atom stereocenters. The van der Waals surface area contributed by atoms with Crippen LogP contribution in [-0.2, 0) is 4.74 Å². The molecule has 1 saturated heterocycles. The number of piperidine rings is 1. The predicted octanol–water partition coefficient (Wildman–Crippen LogP) is 3.74. The first-order chi connectivity index (χ1) is 7.94. The number of hydrogen-bond donors (Lipinski definition) is 0. The molecule has 1 fully saturated rings. The molecule has 1 heterocycles. The monoisotopic (exact) mass is 239 g/mol. The van der Waals surface area contributed by atoms with Crippen LogP contribution in [0, 0.1) is 0 Å². The minimum absolute atomic E-state index is 0.178. The molecule has 98 valence electrons. The Hall–Kier alpha value is -0.990. The minimum Gasteiger partial charge on any atom is -0.444 e. The van der Waals surface area contributed by atoms with E-state index in [4.69, 9.17) is 4.74 Å². The molecule has 0 bridgehead atoms. The Morgan fingerprint density at radius 2 is 2.12 bits per heavy atom. The van der Waals surface area contributed by atoms with E-state index < -0.39 is 5.60 Å². The lowest BCUT2D eigenvalue weighted by Crippen LogP contribution is -2.45. The third kappa shape index (κ3) is 4.80. The van der Waals surface area contributed by atoms with Crippen LogP contribution in [0.25, 0.3) is 0 Å².